The first-order chi connectivity index (χ1) is 13.4. The second kappa shape index (κ2) is 8.06. The fourth-order valence-corrected chi connectivity index (χ4v) is 3.36. The highest BCUT2D eigenvalue weighted by atomic mass is 32.2. The Morgan fingerprint density at radius 3 is 2.39 bits per heavy atom. The average Bonchev–Trinajstić information content (AvgIpc) is 2.72. The lowest BCUT2D eigenvalue weighted by molar-refractivity contribution is 0.414. The summed E-state index contributed by atoms with van der Waals surface area (Å²) >= 11 is 0. The van der Waals surface area contributed by atoms with Crippen LogP contribution in [0.25, 0.3) is 0 Å². The second-order valence-corrected chi connectivity index (χ2v) is 8.11. The molecule has 0 amide bonds. The van der Waals surface area contributed by atoms with Crippen LogP contribution in [0.1, 0.15) is 22.9 Å². The van der Waals surface area contributed by atoms with E-state index in [1.165, 1.54) is 18.6 Å². The van der Waals surface area contributed by atoms with E-state index in [4.69, 9.17) is 10.00 Å². The van der Waals surface area contributed by atoms with Crippen LogP contribution in [-0.4, -0.2) is 31.8 Å². The van der Waals surface area contributed by atoms with Crippen LogP contribution < -0.4 is 10.1 Å². The number of aromatic nitrogens is 2. The average molecular weight is 394 g/mol. The second-order valence-electron chi connectivity index (χ2n) is 6.09. The summed E-state index contributed by atoms with van der Waals surface area (Å²) in [6.07, 6.45) is 4.02. The molecule has 2 aromatic carbocycles. The molecule has 0 spiro atoms. The van der Waals surface area contributed by atoms with E-state index in [2.05, 4.69) is 15.3 Å². The van der Waals surface area contributed by atoms with E-state index >= 15 is 0 Å². The van der Waals surface area contributed by atoms with Crippen LogP contribution in [0.5, 0.6) is 5.75 Å². The molecule has 0 aliphatic heterocycles. The minimum absolute atomic E-state index is 0.214. The zero-order chi connectivity index (χ0) is 20.1. The van der Waals surface area contributed by atoms with Crippen LogP contribution >= 0.6 is 0 Å². The van der Waals surface area contributed by atoms with Gasteiger partial charge >= 0.3 is 0 Å². The number of hydrogen-bond acceptors (Lipinski definition) is 7. The molecule has 0 radical (unpaired) electrons. The summed E-state index contributed by atoms with van der Waals surface area (Å²) in [5.41, 5.74) is 1.85. The molecule has 1 unspecified atom stereocenters. The number of nitriles is 1. The van der Waals surface area contributed by atoms with Gasteiger partial charge in [0.2, 0.25) is 0 Å². The van der Waals surface area contributed by atoms with Crippen LogP contribution in [0.2, 0.25) is 0 Å². The molecule has 142 valence electrons. The van der Waals surface area contributed by atoms with Crippen molar-refractivity contribution in [2.45, 2.75) is 10.9 Å². The number of methoxy groups -OCH3 is 1. The van der Waals surface area contributed by atoms with E-state index in [0.717, 1.165) is 11.1 Å². The van der Waals surface area contributed by atoms with Crippen molar-refractivity contribution >= 4 is 15.7 Å². The zero-order valence-corrected chi connectivity index (χ0v) is 16.1. The van der Waals surface area contributed by atoms with Crippen LogP contribution in [0.15, 0.2) is 65.8 Å². The molecule has 7 nitrogen and oxygen atoms in total. The van der Waals surface area contributed by atoms with Gasteiger partial charge < -0.3 is 10.1 Å². The Labute approximate surface area is 163 Å². The largest absolute Gasteiger partial charge is 0.497 e. The van der Waals surface area contributed by atoms with Gasteiger partial charge in [0, 0.05) is 6.26 Å². The Morgan fingerprint density at radius 2 is 1.82 bits per heavy atom. The van der Waals surface area contributed by atoms with Gasteiger partial charge in [-0.2, -0.15) is 5.26 Å². The van der Waals surface area contributed by atoms with Crippen LogP contribution in [0.4, 0.5) is 5.82 Å². The van der Waals surface area contributed by atoms with E-state index in [1.54, 1.807) is 25.3 Å². The molecule has 0 aliphatic rings. The molecular formula is C20H18N4O3S. The molecule has 8 heteroatoms. The summed E-state index contributed by atoms with van der Waals surface area (Å²) in [5, 5.41) is 12.1. The van der Waals surface area contributed by atoms with Gasteiger partial charge in [-0.1, -0.05) is 24.3 Å². The minimum Gasteiger partial charge on any atom is -0.497 e. The molecule has 0 saturated heterocycles. The van der Waals surface area contributed by atoms with E-state index < -0.39 is 9.84 Å². The maximum Gasteiger partial charge on any atom is 0.175 e. The van der Waals surface area contributed by atoms with Crippen molar-refractivity contribution in [2.75, 3.05) is 18.7 Å². The van der Waals surface area contributed by atoms with E-state index in [1.807, 2.05) is 36.4 Å². The highest BCUT2D eigenvalue weighted by Gasteiger charge is 2.18. The van der Waals surface area contributed by atoms with Crippen molar-refractivity contribution in [1.29, 1.82) is 5.26 Å². The number of ether oxygens (including phenoxy) is 1. The molecule has 1 N–H and O–H groups in total. The lowest BCUT2D eigenvalue weighted by Crippen LogP contribution is -2.14. The topological polar surface area (TPSA) is 105 Å². The zero-order valence-electron chi connectivity index (χ0n) is 15.3. The van der Waals surface area contributed by atoms with Crippen molar-refractivity contribution in [3.8, 4) is 11.8 Å². The Bertz CT molecular complexity index is 1110. The van der Waals surface area contributed by atoms with Crippen LogP contribution in [-0.2, 0) is 9.84 Å². The summed E-state index contributed by atoms with van der Waals surface area (Å²) in [6, 6.07) is 15.7. The maximum atomic E-state index is 12.0. The maximum absolute atomic E-state index is 12.0. The van der Waals surface area contributed by atoms with E-state index in [9.17, 15) is 8.42 Å². The number of nitrogens with one attached hydrogen (secondary N) is 1. The Hall–Kier alpha value is -3.44. The van der Waals surface area contributed by atoms with Crippen LogP contribution in [0, 0.1) is 11.3 Å². The normalized spacial score (nSPS) is 12.0. The van der Waals surface area contributed by atoms with Gasteiger partial charge in [0.25, 0.3) is 0 Å². The van der Waals surface area contributed by atoms with Crippen molar-refractivity contribution in [3.05, 3.63) is 77.7 Å². The van der Waals surface area contributed by atoms with Crippen LogP contribution in [0.3, 0.4) is 0 Å². The third kappa shape index (κ3) is 4.45. The molecule has 1 heterocycles. The van der Waals surface area contributed by atoms with Gasteiger partial charge in [-0.3, -0.25) is 0 Å². The lowest BCUT2D eigenvalue weighted by Gasteiger charge is -2.21. The van der Waals surface area contributed by atoms with Gasteiger partial charge in [0.1, 0.15) is 17.6 Å². The fraction of sp³-hybridized carbons (Fsp3) is 0.150. The predicted octanol–water partition coefficient (Wildman–Crippen LogP) is 2.96. The monoisotopic (exact) mass is 394 g/mol. The first-order valence-electron chi connectivity index (χ1n) is 8.33. The molecule has 0 fully saturated rings. The molecule has 3 aromatic rings. The first-order valence-corrected chi connectivity index (χ1v) is 10.2. The summed E-state index contributed by atoms with van der Waals surface area (Å²) < 4.78 is 29.1. The Morgan fingerprint density at radius 1 is 1.07 bits per heavy atom. The molecule has 1 aromatic heterocycles. The standard InChI is InChI=1S/C20H18N4O3S/c1-27-17-8-6-14(7-9-17)20(24-19-13-22-16(11-21)12-23-19)15-4-3-5-18(10-15)28(2,25)26/h3-10,12-13,20H,1-2H3,(H,23,24). The number of nitrogens with zero attached hydrogens (tertiary/aromatic N) is 3. The molecule has 0 bridgehead atoms. The van der Waals surface area contributed by atoms with Gasteiger partial charge in [-0.25, -0.2) is 18.4 Å². The summed E-state index contributed by atoms with van der Waals surface area (Å²) in [7, 11) is -1.76. The number of benzene rings is 2. The number of rotatable bonds is 6. The summed E-state index contributed by atoms with van der Waals surface area (Å²) in [4.78, 5) is 8.46. The Balaban J connectivity index is 2.04. The first kappa shape index (κ1) is 19.3. The van der Waals surface area contributed by atoms with E-state index in [-0.39, 0.29) is 16.6 Å². The molecular weight excluding hydrogens is 376 g/mol. The third-order valence-corrected chi connectivity index (χ3v) is 5.24. The van der Waals surface area contributed by atoms with Crippen molar-refractivity contribution < 1.29 is 13.2 Å². The van der Waals surface area contributed by atoms with Gasteiger partial charge in [0.15, 0.2) is 15.5 Å². The van der Waals surface area contributed by atoms with E-state index in [0.29, 0.717) is 11.6 Å². The SMILES string of the molecule is COc1ccc(C(Nc2cnc(C#N)cn2)c2cccc(S(C)(=O)=O)c2)cc1. The quantitative estimate of drug-likeness (QED) is 0.685. The molecule has 3 rings (SSSR count). The highest BCUT2D eigenvalue weighted by Crippen LogP contribution is 2.28. The highest BCUT2D eigenvalue weighted by molar-refractivity contribution is 7.90. The fourth-order valence-electron chi connectivity index (χ4n) is 2.69. The van der Waals surface area contributed by atoms with Crippen molar-refractivity contribution in [2.24, 2.45) is 0 Å². The van der Waals surface area contributed by atoms with Crippen molar-refractivity contribution in [1.82, 2.24) is 9.97 Å². The van der Waals surface area contributed by atoms with Gasteiger partial charge in [-0.05, 0) is 35.4 Å². The van der Waals surface area contributed by atoms with Gasteiger partial charge in [-0.15, -0.1) is 0 Å². The molecule has 28 heavy (non-hydrogen) atoms. The third-order valence-electron chi connectivity index (χ3n) is 4.13. The number of anilines is 1. The van der Waals surface area contributed by atoms with Crippen molar-refractivity contribution in [3.63, 3.8) is 0 Å². The number of hydrogen-bond donors (Lipinski definition) is 1. The summed E-state index contributed by atoms with van der Waals surface area (Å²) in [6.45, 7) is 0. The molecule has 0 aliphatic carbocycles. The minimum atomic E-state index is -3.35. The molecule has 1 atom stereocenters. The Kier molecular flexibility index (Phi) is 5.57. The molecule has 0 saturated carbocycles. The predicted molar refractivity (Wildman–Crippen MR) is 105 cm³/mol. The lowest BCUT2D eigenvalue weighted by atomic mass is 9.98. The smallest absolute Gasteiger partial charge is 0.175 e. The van der Waals surface area contributed by atoms with Gasteiger partial charge in [0.05, 0.1) is 30.4 Å². The summed E-state index contributed by atoms with van der Waals surface area (Å²) in [5.74, 6) is 1.18. The number of sulfone groups is 1.